The number of rotatable bonds is 6. The smallest absolute Gasteiger partial charge is 0.315 e. The predicted molar refractivity (Wildman–Crippen MR) is 65.7 cm³/mol. The molecule has 0 saturated carbocycles. The molecule has 1 N–H and O–H groups in total. The molecule has 0 fully saturated rings. The van der Waals surface area contributed by atoms with Gasteiger partial charge < -0.3 is 5.32 Å². The third kappa shape index (κ3) is 3.79. The number of carbonyl (C=O) groups is 1. The number of anilines is 1. The molecule has 0 radical (unpaired) electrons. The van der Waals surface area contributed by atoms with Crippen LogP contribution >= 0.6 is 0 Å². The van der Waals surface area contributed by atoms with Crippen LogP contribution in [0, 0.1) is 29.1 Å². The van der Waals surface area contributed by atoms with Gasteiger partial charge >= 0.3 is 41.7 Å². The van der Waals surface area contributed by atoms with E-state index in [-0.39, 0.29) is 5.32 Å². The molecule has 0 heterocycles. The molecular weight excluding hydrogens is 528 g/mol. The molecule has 190 valence electrons. The maximum absolute atomic E-state index is 13.5. The van der Waals surface area contributed by atoms with Gasteiger partial charge in [0.25, 0.3) is 0 Å². The number of hydrogen-bond donors (Lipinski definition) is 1. The van der Waals surface area contributed by atoms with Crippen molar-refractivity contribution in [3.8, 4) is 0 Å². The number of benzene rings is 1. The zero-order valence-corrected chi connectivity index (χ0v) is 14.2. The Hall–Kier alpha value is -2.57. The molecule has 0 saturated heterocycles. The fraction of sp³-hybridized carbons (Fsp3) is 0.462. The van der Waals surface area contributed by atoms with Gasteiger partial charge in [-0.2, -0.15) is 57.1 Å². The summed E-state index contributed by atoms with van der Waals surface area (Å²) in [5.41, 5.74) is -2.91. The van der Waals surface area contributed by atoms with Crippen LogP contribution in [-0.4, -0.2) is 41.7 Å². The maximum atomic E-state index is 13.5. The van der Waals surface area contributed by atoms with Crippen LogP contribution < -0.4 is 5.32 Å². The van der Waals surface area contributed by atoms with Crippen LogP contribution in [0.25, 0.3) is 0 Å². The van der Waals surface area contributed by atoms with E-state index in [1.807, 2.05) is 0 Å². The van der Waals surface area contributed by atoms with Gasteiger partial charge in [0.15, 0.2) is 23.3 Å². The Morgan fingerprint density at radius 1 is 0.485 bits per heavy atom. The number of amides is 1. The number of nitrogens with one attached hydrogen (secondary N) is 1. The highest BCUT2D eigenvalue weighted by molar-refractivity contribution is 5.97. The molecule has 1 aromatic rings. The molecule has 0 unspecified atom stereocenters. The number of hydrogen-bond acceptors (Lipinski definition) is 1. The molecule has 2 nitrogen and oxygen atoms in total. The van der Waals surface area contributed by atoms with Crippen LogP contribution in [0.4, 0.5) is 84.7 Å². The number of carbonyl (C=O) groups excluding carboxylic acids is 1. The molecule has 1 amide bonds. The van der Waals surface area contributed by atoms with Crippen LogP contribution in [0.1, 0.15) is 0 Å². The van der Waals surface area contributed by atoms with Gasteiger partial charge in [-0.25, -0.2) is 22.0 Å². The fourth-order valence-electron chi connectivity index (χ4n) is 1.82. The molecule has 0 aliphatic heterocycles. The summed E-state index contributed by atoms with van der Waals surface area (Å²) in [6.07, 6.45) is -7.73. The zero-order valence-electron chi connectivity index (χ0n) is 14.2. The van der Waals surface area contributed by atoms with E-state index in [9.17, 15) is 83.8 Å². The lowest BCUT2D eigenvalue weighted by molar-refractivity contribution is -0.435. The minimum atomic E-state index is -8.42. The minimum Gasteiger partial charge on any atom is -0.315 e. The Morgan fingerprint density at radius 2 is 0.788 bits per heavy atom. The summed E-state index contributed by atoms with van der Waals surface area (Å²) in [5, 5.41) is -0.227. The van der Waals surface area contributed by atoms with E-state index in [1.54, 1.807) is 0 Å². The first-order chi connectivity index (χ1) is 14.3. The Balaban J connectivity index is 3.58. The van der Waals surface area contributed by atoms with Crippen LogP contribution in [0.2, 0.25) is 0 Å². The number of alkyl halides is 13. The Morgan fingerprint density at radius 3 is 1.12 bits per heavy atom. The van der Waals surface area contributed by atoms with Gasteiger partial charge in [-0.1, -0.05) is 0 Å². The highest BCUT2D eigenvalue weighted by Crippen LogP contribution is 2.60. The molecule has 33 heavy (non-hydrogen) atoms. The average Bonchev–Trinajstić information content (AvgIpc) is 2.66. The second kappa shape index (κ2) is 7.74. The molecule has 0 aliphatic rings. The van der Waals surface area contributed by atoms with Crippen molar-refractivity contribution in [1.82, 2.24) is 0 Å². The first kappa shape index (κ1) is 28.5. The average molecular weight is 529 g/mol. The van der Waals surface area contributed by atoms with Crippen LogP contribution in [0.3, 0.4) is 0 Å². The summed E-state index contributed by atoms with van der Waals surface area (Å²) in [6, 6.07) is 0. The standard InChI is InChI=1S/C13HF18NO/c14-1-2(15)4(17)6(5(18)3(1)16)32-7(33)8(19,20)9(21,22)10(23,24)11(25,26)12(27,28)13(29,30)31/h(H,32,33). The van der Waals surface area contributed by atoms with Crippen molar-refractivity contribution in [3.63, 3.8) is 0 Å². The van der Waals surface area contributed by atoms with Gasteiger partial charge in [0.2, 0.25) is 5.82 Å². The summed E-state index contributed by atoms with van der Waals surface area (Å²) in [6.45, 7) is 0. The van der Waals surface area contributed by atoms with Crippen molar-refractivity contribution in [2.24, 2.45) is 0 Å². The van der Waals surface area contributed by atoms with E-state index in [1.165, 1.54) is 0 Å². The van der Waals surface area contributed by atoms with Crippen molar-refractivity contribution >= 4 is 11.6 Å². The number of halogens is 18. The van der Waals surface area contributed by atoms with Crippen molar-refractivity contribution in [3.05, 3.63) is 29.1 Å². The largest absolute Gasteiger partial charge is 0.460 e. The van der Waals surface area contributed by atoms with E-state index in [2.05, 4.69) is 0 Å². The summed E-state index contributed by atoms with van der Waals surface area (Å²) < 4.78 is 233. The Labute approximate surface area is 167 Å². The van der Waals surface area contributed by atoms with Gasteiger partial charge in [0.05, 0.1) is 0 Å². The van der Waals surface area contributed by atoms with E-state index < -0.39 is 76.5 Å². The second-order valence-corrected chi connectivity index (χ2v) is 5.77. The molecule has 0 aromatic heterocycles. The Bertz CT molecular complexity index is 919. The molecule has 0 aliphatic carbocycles. The lowest BCUT2D eigenvalue weighted by Gasteiger charge is -2.39. The monoisotopic (exact) mass is 529 g/mol. The van der Waals surface area contributed by atoms with Gasteiger partial charge in [0.1, 0.15) is 5.69 Å². The molecule has 20 heteroatoms. The van der Waals surface area contributed by atoms with E-state index in [0.29, 0.717) is 0 Å². The van der Waals surface area contributed by atoms with Crippen molar-refractivity contribution in [2.75, 3.05) is 5.32 Å². The predicted octanol–water partition coefficient (Wildman–Crippen LogP) is 6.06. The first-order valence-corrected chi connectivity index (χ1v) is 7.11. The van der Waals surface area contributed by atoms with E-state index in [0.717, 1.165) is 0 Å². The summed E-state index contributed by atoms with van der Waals surface area (Å²) in [5.74, 6) is -60.5. The molecular formula is C13HF18NO. The first-order valence-electron chi connectivity index (χ1n) is 7.11. The molecule has 1 aromatic carbocycles. The van der Waals surface area contributed by atoms with Gasteiger partial charge in [-0.05, 0) is 0 Å². The van der Waals surface area contributed by atoms with Gasteiger partial charge in [-0.3, -0.25) is 4.79 Å². The summed E-state index contributed by atoms with van der Waals surface area (Å²) in [4.78, 5) is 11.1. The van der Waals surface area contributed by atoms with Crippen LogP contribution in [0.15, 0.2) is 0 Å². The highest BCUT2D eigenvalue weighted by Gasteiger charge is 2.91. The lowest BCUT2D eigenvalue weighted by atomic mass is 9.93. The third-order valence-electron chi connectivity index (χ3n) is 3.67. The topological polar surface area (TPSA) is 29.1 Å². The lowest BCUT2D eigenvalue weighted by Crippen LogP contribution is -2.71. The van der Waals surface area contributed by atoms with Crippen LogP contribution in [-0.2, 0) is 4.79 Å². The molecule has 1 rings (SSSR count). The van der Waals surface area contributed by atoms with Crippen LogP contribution in [0.5, 0.6) is 0 Å². The van der Waals surface area contributed by atoms with E-state index in [4.69, 9.17) is 0 Å². The van der Waals surface area contributed by atoms with E-state index >= 15 is 0 Å². The zero-order chi connectivity index (χ0) is 26.7. The van der Waals surface area contributed by atoms with Crippen molar-refractivity contribution < 1.29 is 83.8 Å². The Kier molecular flexibility index (Phi) is 6.68. The molecule has 0 spiro atoms. The highest BCUT2D eigenvalue weighted by atomic mass is 19.4. The van der Waals surface area contributed by atoms with Crippen molar-refractivity contribution in [1.29, 1.82) is 0 Å². The SMILES string of the molecule is O=C(Nc1c(F)c(F)c(F)c(F)c1F)C(F)(F)C(F)(F)C(F)(F)C(F)(F)C(F)(F)C(F)(F)F. The summed E-state index contributed by atoms with van der Waals surface area (Å²) in [7, 11) is 0. The van der Waals surface area contributed by atoms with Gasteiger partial charge in [0, 0.05) is 0 Å². The van der Waals surface area contributed by atoms with Gasteiger partial charge in [-0.15, -0.1) is 0 Å². The maximum Gasteiger partial charge on any atom is 0.460 e. The fourth-order valence-corrected chi connectivity index (χ4v) is 1.82. The summed E-state index contributed by atoms with van der Waals surface area (Å²) >= 11 is 0. The second-order valence-electron chi connectivity index (χ2n) is 5.77. The normalized spacial score (nSPS) is 14.5. The minimum absolute atomic E-state index is 0.227. The molecule has 0 atom stereocenters. The van der Waals surface area contributed by atoms with Crippen molar-refractivity contribution in [2.45, 2.75) is 35.8 Å². The quantitative estimate of drug-likeness (QED) is 0.271. The molecule has 0 bridgehead atoms. The third-order valence-corrected chi connectivity index (χ3v) is 3.67.